The van der Waals surface area contributed by atoms with E-state index in [1.807, 2.05) is 13.8 Å². The Balaban J connectivity index is 1.71. The van der Waals surface area contributed by atoms with E-state index in [0.29, 0.717) is 30.2 Å². The van der Waals surface area contributed by atoms with Crippen LogP contribution in [-0.4, -0.2) is 76.7 Å². The van der Waals surface area contributed by atoms with Crippen molar-refractivity contribution in [1.29, 1.82) is 0 Å². The van der Waals surface area contributed by atoms with Crippen LogP contribution < -0.4 is 5.32 Å². The van der Waals surface area contributed by atoms with Crippen molar-refractivity contribution < 1.29 is 19.2 Å². The minimum atomic E-state index is -0.737. The fourth-order valence-corrected chi connectivity index (χ4v) is 3.81. The van der Waals surface area contributed by atoms with Crippen molar-refractivity contribution in [2.45, 2.75) is 32.9 Å². The van der Waals surface area contributed by atoms with E-state index in [0.717, 1.165) is 0 Å². The normalized spacial score (nSPS) is 20.2. The number of amides is 5. The van der Waals surface area contributed by atoms with Crippen molar-refractivity contribution in [3.05, 3.63) is 34.9 Å². The van der Waals surface area contributed by atoms with Gasteiger partial charge in [0.2, 0.25) is 5.91 Å². The van der Waals surface area contributed by atoms with Gasteiger partial charge in [-0.1, -0.05) is 25.4 Å². The molecule has 2 atom stereocenters. The molecule has 0 radical (unpaired) electrons. The number of likely N-dealkylation sites (N-methyl/N-ethyl adjacent to an activating group) is 1. The molecule has 1 aromatic rings. The molecule has 5 amide bonds. The quantitative estimate of drug-likeness (QED) is 0.732. The van der Waals surface area contributed by atoms with Gasteiger partial charge in [0.1, 0.15) is 12.1 Å². The van der Waals surface area contributed by atoms with E-state index in [9.17, 15) is 19.2 Å². The molecule has 0 aliphatic carbocycles. The average Bonchev–Trinajstić information content (AvgIpc) is 2.95. The van der Waals surface area contributed by atoms with Crippen LogP contribution >= 0.6 is 11.6 Å². The van der Waals surface area contributed by atoms with Crippen LogP contribution in [0.4, 0.5) is 4.79 Å². The minimum absolute atomic E-state index is 0.139. The fourth-order valence-electron chi connectivity index (χ4n) is 3.68. The van der Waals surface area contributed by atoms with Gasteiger partial charge in [-0.25, -0.2) is 4.79 Å². The first-order valence-electron chi connectivity index (χ1n) is 9.71. The SMILES string of the molecule is CCN1C(=O)[C@H]2CN(C(=O)[C@@H](NC(=O)c3ccc(Cl)cc3)C(C)C)CCN2C1=O. The molecule has 2 saturated heterocycles. The third-order valence-electron chi connectivity index (χ3n) is 5.36. The number of nitrogens with one attached hydrogen (secondary N) is 1. The number of imide groups is 1. The molecule has 8 nitrogen and oxygen atoms in total. The molecule has 2 aliphatic rings. The zero-order chi connectivity index (χ0) is 21.3. The molecule has 3 rings (SSSR count). The summed E-state index contributed by atoms with van der Waals surface area (Å²) in [5, 5.41) is 3.32. The maximum Gasteiger partial charge on any atom is 0.327 e. The second-order valence-electron chi connectivity index (χ2n) is 7.56. The van der Waals surface area contributed by atoms with E-state index in [2.05, 4.69) is 5.32 Å². The molecule has 0 aromatic heterocycles. The first kappa shape index (κ1) is 21.1. The summed E-state index contributed by atoms with van der Waals surface area (Å²) in [7, 11) is 0. The van der Waals surface area contributed by atoms with Crippen molar-refractivity contribution in [2.75, 3.05) is 26.2 Å². The number of rotatable bonds is 5. The van der Waals surface area contributed by atoms with Crippen LogP contribution in [0.2, 0.25) is 5.02 Å². The van der Waals surface area contributed by atoms with Gasteiger partial charge in [0, 0.05) is 30.2 Å². The first-order chi connectivity index (χ1) is 13.7. The van der Waals surface area contributed by atoms with E-state index < -0.39 is 12.1 Å². The lowest BCUT2D eigenvalue weighted by Crippen LogP contribution is -2.59. The number of nitrogens with zero attached hydrogens (tertiary/aromatic N) is 3. The summed E-state index contributed by atoms with van der Waals surface area (Å²) in [6, 6.07) is 4.74. The molecular weight excluding hydrogens is 396 g/mol. The summed E-state index contributed by atoms with van der Waals surface area (Å²) in [5.41, 5.74) is 0.410. The Bertz CT molecular complexity index is 826. The van der Waals surface area contributed by atoms with Crippen molar-refractivity contribution in [3.63, 3.8) is 0 Å². The molecule has 156 valence electrons. The monoisotopic (exact) mass is 420 g/mol. The van der Waals surface area contributed by atoms with E-state index >= 15 is 0 Å². The van der Waals surface area contributed by atoms with Crippen LogP contribution in [0.15, 0.2) is 24.3 Å². The number of piperazine rings is 1. The molecule has 9 heteroatoms. The lowest BCUT2D eigenvalue weighted by molar-refractivity contribution is -0.138. The molecule has 0 spiro atoms. The van der Waals surface area contributed by atoms with Gasteiger partial charge in [-0.15, -0.1) is 0 Å². The Labute approximate surface area is 174 Å². The Kier molecular flexibility index (Phi) is 6.12. The van der Waals surface area contributed by atoms with Crippen LogP contribution in [0.1, 0.15) is 31.1 Å². The summed E-state index contributed by atoms with van der Waals surface area (Å²) in [6.07, 6.45) is 0. The number of benzene rings is 1. The third kappa shape index (κ3) is 4.07. The predicted octanol–water partition coefficient (Wildman–Crippen LogP) is 1.59. The first-order valence-corrected chi connectivity index (χ1v) is 10.1. The van der Waals surface area contributed by atoms with Crippen molar-refractivity contribution in [3.8, 4) is 0 Å². The third-order valence-corrected chi connectivity index (χ3v) is 5.61. The van der Waals surface area contributed by atoms with E-state index in [1.54, 1.807) is 36.1 Å². The summed E-state index contributed by atoms with van der Waals surface area (Å²) in [5.74, 6) is -1.04. The number of hydrogen-bond donors (Lipinski definition) is 1. The average molecular weight is 421 g/mol. The Morgan fingerprint density at radius 2 is 1.83 bits per heavy atom. The van der Waals surface area contributed by atoms with Crippen LogP contribution in [0.5, 0.6) is 0 Å². The van der Waals surface area contributed by atoms with Crippen LogP contribution in [0.3, 0.4) is 0 Å². The Morgan fingerprint density at radius 1 is 1.17 bits per heavy atom. The molecule has 0 saturated carbocycles. The highest BCUT2D eigenvalue weighted by Crippen LogP contribution is 2.23. The van der Waals surface area contributed by atoms with Crippen molar-refractivity contribution in [1.82, 2.24) is 20.0 Å². The fraction of sp³-hybridized carbons (Fsp3) is 0.500. The zero-order valence-corrected chi connectivity index (χ0v) is 17.5. The van der Waals surface area contributed by atoms with Crippen LogP contribution in [-0.2, 0) is 9.59 Å². The second-order valence-corrected chi connectivity index (χ2v) is 8.00. The van der Waals surface area contributed by atoms with Gasteiger partial charge in [0.05, 0.1) is 6.54 Å². The number of hydrogen-bond acceptors (Lipinski definition) is 4. The van der Waals surface area contributed by atoms with Gasteiger partial charge in [0.25, 0.3) is 11.8 Å². The summed E-state index contributed by atoms with van der Waals surface area (Å²) in [4.78, 5) is 54.8. The maximum atomic E-state index is 13.2. The number of carbonyl (C=O) groups excluding carboxylic acids is 4. The molecular formula is C20H25ClN4O4. The maximum absolute atomic E-state index is 13.2. The van der Waals surface area contributed by atoms with Gasteiger partial charge in [0.15, 0.2) is 0 Å². The lowest BCUT2D eigenvalue weighted by atomic mass is 10.0. The number of halogens is 1. The smallest absolute Gasteiger partial charge is 0.327 e. The van der Waals surface area contributed by atoms with Crippen LogP contribution in [0.25, 0.3) is 0 Å². The molecule has 0 bridgehead atoms. The van der Waals surface area contributed by atoms with E-state index in [1.165, 1.54) is 9.80 Å². The largest absolute Gasteiger partial charge is 0.340 e. The predicted molar refractivity (Wildman–Crippen MR) is 107 cm³/mol. The van der Waals surface area contributed by atoms with Crippen molar-refractivity contribution in [2.24, 2.45) is 5.92 Å². The van der Waals surface area contributed by atoms with Crippen molar-refractivity contribution >= 4 is 35.4 Å². The van der Waals surface area contributed by atoms with Gasteiger partial charge in [-0.3, -0.25) is 19.3 Å². The Hall–Kier alpha value is -2.61. The number of carbonyl (C=O) groups is 4. The highest BCUT2D eigenvalue weighted by atomic mass is 35.5. The highest BCUT2D eigenvalue weighted by molar-refractivity contribution is 6.30. The highest BCUT2D eigenvalue weighted by Gasteiger charge is 2.48. The molecule has 2 heterocycles. The minimum Gasteiger partial charge on any atom is -0.340 e. The molecule has 2 aliphatic heterocycles. The van der Waals surface area contributed by atoms with Crippen LogP contribution in [0, 0.1) is 5.92 Å². The number of urea groups is 1. The topological polar surface area (TPSA) is 90.0 Å². The molecule has 29 heavy (non-hydrogen) atoms. The summed E-state index contributed by atoms with van der Waals surface area (Å²) in [6.45, 7) is 6.52. The molecule has 1 N–H and O–H groups in total. The van der Waals surface area contributed by atoms with E-state index in [-0.39, 0.29) is 36.2 Å². The molecule has 0 unspecified atom stereocenters. The van der Waals surface area contributed by atoms with Gasteiger partial charge < -0.3 is 15.1 Å². The van der Waals surface area contributed by atoms with E-state index in [4.69, 9.17) is 11.6 Å². The standard InChI is InChI=1S/C20H25ClN4O4/c1-4-24-18(27)15-11-23(9-10-25(15)20(24)29)19(28)16(12(2)3)22-17(26)13-5-7-14(21)8-6-13/h5-8,12,15-16H,4,9-11H2,1-3H3,(H,22,26)/t15-,16+/m1/s1. The Morgan fingerprint density at radius 3 is 2.41 bits per heavy atom. The summed E-state index contributed by atoms with van der Waals surface area (Å²) >= 11 is 5.86. The van der Waals surface area contributed by atoms with Gasteiger partial charge in [-0.2, -0.15) is 0 Å². The second kappa shape index (κ2) is 8.41. The van der Waals surface area contributed by atoms with Gasteiger partial charge in [-0.05, 0) is 37.1 Å². The molecule has 1 aromatic carbocycles. The van der Waals surface area contributed by atoms with Gasteiger partial charge >= 0.3 is 6.03 Å². The summed E-state index contributed by atoms with van der Waals surface area (Å²) < 4.78 is 0. The molecule has 2 fully saturated rings. The lowest BCUT2D eigenvalue weighted by Gasteiger charge is -2.37. The zero-order valence-electron chi connectivity index (χ0n) is 16.7. The number of fused-ring (bicyclic) bond motifs is 1.